The molecule has 28 heavy (non-hydrogen) atoms. The van der Waals surface area contributed by atoms with E-state index in [-0.39, 0.29) is 11.7 Å². The third-order valence-corrected chi connectivity index (χ3v) is 5.29. The normalized spacial score (nSPS) is 14.1. The number of carbonyl (C=O) groups is 2. The van der Waals surface area contributed by atoms with E-state index in [9.17, 15) is 9.59 Å². The molecule has 1 saturated heterocycles. The first-order chi connectivity index (χ1) is 13.7. The van der Waals surface area contributed by atoms with Crippen LogP contribution in [0.4, 0.5) is 11.4 Å². The molecule has 0 aromatic heterocycles. The maximum atomic E-state index is 12.6. The number of carbonyl (C=O) groups excluding carboxylic acids is 2. The van der Waals surface area contributed by atoms with Gasteiger partial charge in [-0.15, -0.1) is 0 Å². The lowest BCUT2D eigenvalue weighted by atomic mass is 10.0. The molecule has 1 aromatic carbocycles. The van der Waals surface area contributed by atoms with Crippen LogP contribution in [0.15, 0.2) is 18.2 Å². The highest BCUT2D eigenvalue weighted by atomic mass is 16.5. The highest BCUT2D eigenvalue weighted by molar-refractivity contribution is 6.08. The van der Waals surface area contributed by atoms with Crippen LogP contribution in [0.25, 0.3) is 0 Å². The second-order valence-corrected chi connectivity index (χ2v) is 7.50. The molecule has 1 aromatic rings. The standard InChI is InChI=1S/C23H36N2O3/c1-3-5-6-7-8-9-10-14-22(27)24-23-19(21(26)4-2)12-11-13-20(23)25-15-17-28-18-16-25/h11-13H,3-10,14-18H2,1-2H3,(H,24,27). The highest BCUT2D eigenvalue weighted by Gasteiger charge is 2.21. The Morgan fingerprint density at radius 3 is 2.36 bits per heavy atom. The molecule has 1 aliphatic heterocycles. The van der Waals surface area contributed by atoms with Crippen LogP contribution in [0.1, 0.15) is 82.0 Å². The van der Waals surface area contributed by atoms with Gasteiger partial charge in [0.15, 0.2) is 5.78 Å². The summed E-state index contributed by atoms with van der Waals surface area (Å²) in [5.74, 6) is 0.0563. The van der Waals surface area contributed by atoms with Gasteiger partial charge in [-0.2, -0.15) is 0 Å². The molecule has 1 aliphatic rings. The van der Waals surface area contributed by atoms with Crippen molar-refractivity contribution in [3.8, 4) is 0 Å². The molecule has 0 spiro atoms. The lowest BCUT2D eigenvalue weighted by Crippen LogP contribution is -2.37. The number of anilines is 2. The van der Waals surface area contributed by atoms with Gasteiger partial charge < -0.3 is 15.0 Å². The van der Waals surface area contributed by atoms with Crippen LogP contribution in [0.2, 0.25) is 0 Å². The van der Waals surface area contributed by atoms with Crippen LogP contribution in [-0.4, -0.2) is 38.0 Å². The molecule has 0 aliphatic carbocycles. The zero-order valence-electron chi connectivity index (χ0n) is 17.6. The number of unbranched alkanes of at least 4 members (excludes halogenated alkanes) is 6. The molecule has 5 heteroatoms. The first-order valence-corrected chi connectivity index (χ1v) is 11.0. The van der Waals surface area contributed by atoms with Crippen LogP contribution in [0.5, 0.6) is 0 Å². The third-order valence-electron chi connectivity index (χ3n) is 5.29. The van der Waals surface area contributed by atoms with Crippen molar-refractivity contribution in [3.63, 3.8) is 0 Å². The highest BCUT2D eigenvalue weighted by Crippen LogP contribution is 2.31. The summed E-state index contributed by atoms with van der Waals surface area (Å²) < 4.78 is 5.45. The smallest absolute Gasteiger partial charge is 0.224 e. The van der Waals surface area contributed by atoms with Crippen molar-refractivity contribution in [2.24, 2.45) is 0 Å². The van der Waals surface area contributed by atoms with Crippen molar-refractivity contribution in [2.45, 2.75) is 71.6 Å². The van der Waals surface area contributed by atoms with Gasteiger partial charge in [0.1, 0.15) is 0 Å². The summed E-state index contributed by atoms with van der Waals surface area (Å²) in [6, 6.07) is 5.71. The average Bonchev–Trinajstić information content (AvgIpc) is 2.73. The third kappa shape index (κ3) is 6.93. The van der Waals surface area contributed by atoms with Crippen LogP contribution in [0, 0.1) is 0 Å². The van der Waals surface area contributed by atoms with E-state index in [1.165, 1.54) is 32.1 Å². The Labute approximate surface area is 169 Å². The molecule has 1 heterocycles. The fourth-order valence-corrected chi connectivity index (χ4v) is 3.61. The van der Waals surface area contributed by atoms with Crippen molar-refractivity contribution < 1.29 is 14.3 Å². The quantitative estimate of drug-likeness (QED) is 0.395. The van der Waals surface area contributed by atoms with Gasteiger partial charge in [-0.3, -0.25) is 9.59 Å². The lowest BCUT2D eigenvalue weighted by molar-refractivity contribution is -0.116. The molecular formula is C23H36N2O3. The molecule has 1 amide bonds. The number of Topliss-reactive ketones (excluding diaryl/α,β-unsaturated/α-hetero) is 1. The Morgan fingerprint density at radius 1 is 1.00 bits per heavy atom. The Kier molecular flexibility index (Phi) is 10.0. The summed E-state index contributed by atoms with van der Waals surface area (Å²) in [6.45, 7) is 6.94. The number of benzene rings is 1. The number of ketones is 1. The molecular weight excluding hydrogens is 352 g/mol. The molecule has 0 radical (unpaired) electrons. The molecule has 1 fully saturated rings. The largest absolute Gasteiger partial charge is 0.378 e. The SMILES string of the molecule is CCCCCCCCCC(=O)Nc1c(C(=O)CC)cccc1N1CCOCC1. The number of nitrogens with zero attached hydrogens (tertiary/aromatic N) is 1. The lowest BCUT2D eigenvalue weighted by Gasteiger charge is -2.31. The van der Waals surface area contributed by atoms with Gasteiger partial charge in [-0.25, -0.2) is 0 Å². The van der Waals surface area contributed by atoms with E-state index in [1.807, 2.05) is 25.1 Å². The molecule has 0 saturated carbocycles. The first-order valence-electron chi connectivity index (χ1n) is 11.0. The summed E-state index contributed by atoms with van der Waals surface area (Å²) in [5, 5.41) is 3.06. The maximum Gasteiger partial charge on any atom is 0.224 e. The number of ether oxygens (including phenoxy) is 1. The topological polar surface area (TPSA) is 58.6 Å². The Bertz CT molecular complexity index is 624. The van der Waals surface area contributed by atoms with Gasteiger partial charge in [-0.05, 0) is 18.6 Å². The zero-order chi connectivity index (χ0) is 20.2. The monoisotopic (exact) mass is 388 g/mol. The number of rotatable bonds is 12. The van der Waals surface area contributed by atoms with Crippen LogP contribution in [0.3, 0.4) is 0 Å². The van der Waals surface area contributed by atoms with E-state index in [1.54, 1.807) is 0 Å². The van der Waals surface area contributed by atoms with Crippen molar-refractivity contribution in [3.05, 3.63) is 23.8 Å². The predicted molar refractivity (Wildman–Crippen MR) is 115 cm³/mol. The number of para-hydroxylation sites is 1. The second kappa shape index (κ2) is 12.6. The Balaban J connectivity index is 1.99. The molecule has 2 rings (SSSR count). The van der Waals surface area contributed by atoms with Gasteiger partial charge >= 0.3 is 0 Å². The summed E-state index contributed by atoms with van der Waals surface area (Å²) in [7, 11) is 0. The minimum Gasteiger partial charge on any atom is -0.378 e. The van der Waals surface area contributed by atoms with Crippen LogP contribution in [-0.2, 0) is 9.53 Å². The molecule has 5 nitrogen and oxygen atoms in total. The van der Waals surface area contributed by atoms with E-state index in [4.69, 9.17) is 4.74 Å². The zero-order valence-corrected chi connectivity index (χ0v) is 17.6. The predicted octanol–water partition coefficient (Wildman–Crippen LogP) is 5.20. The first kappa shape index (κ1) is 22.4. The second-order valence-electron chi connectivity index (χ2n) is 7.50. The molecule has 0 unspecified atom stereocenters. The van der Waals surface area contributed by atoms with E-state index >= 15 is 0 Å². The maximum absolute atomic E-state index is 12.6. The number of amides is 1. The van der Waals surface area contributed by atoms with E-state index < -0.39 is 0 Å². The minimum absolute atomic E-state index is 0.000536. The summed E-state index contributed by atoms with van der Waals surface area (Å²) in [6.07, 6.45) is 9.20. The van der Waals surface area contributed by atoms with E-state index in [2.05, 4.69) is 17.1 Å². The van der Waals surface area contributed by atoms with Gasteiger partial charge in [0, 0.05) is 31.5 Å². The fourth-order valence-electron chi connectivity index (χ4n) is 3.61. The number of nitrogens with one attached hydrogen (secondary N) is 1. The van der Waals surface area contributed by atoms with Gasteiger partial charge in [0.05, 0.1) is 24.6 Å². The average molecular weight is 389 g/mol. The summed E-state index contributed by atoms with van der Waals surface area (Å²) in [5.41, 5.74) is 2.21. The van der Waals surface area contributed by atoms with E-state index in [0.29, 0.717) is 37.3 Å². The minimum atomic E-state index is -0.000536. The number of morpholine rings is 1. The van der Waals surface area contributed by atoms with Crippen LogP contribution < -0.4 is 10.2 Å². The van der Waals surface area contributed by atoms with Gasteiger partial charge in [-0.1, -0.05) is 58.4 Å². The van der Waals surface area contributed by atoms with E-state index in [0.717, 1.165) is 31.6 Å². The van der Waals surface area contributed by atoms with Crippen molar-refractivity contribution >= 4 is 23.1 Å². The van der Waals surface area contributed by atoms with Crippen molar-refractivity contribution in [1.82, 2.24) is 0 Å². The molecule has 1 N–H and O–H groups in total. The number of hydrogen-bond donors (Lipinski definition) is 1. The molecule has 156 valence electrons. The van der Waals surface area contributed by atoms with Crippen molar-refractivity contribution in [2.75, 3.05) is 36.5 Å². The summed E-state index contributed by atoms with van der Waals surface area (Å²) in [4.78, 5) is 27.2. The molecule has 0 bridgehead atoms. The molecule has 0 atom stereocenters. The number of hydrogen-bond acceptors (Lipinski definition) is 4. The Morgan fingerprint density at radius 2 is 1.68 bits per heavy atom. The van der Waals surface area contributed by atoms with Crippen molar-refractivity contribution in [1.29, 1.82) is 0 Å². The fraction of sp³-hybridized carbons (Fsp3) is 0.652. The van der Waals surface area contributed by atoms with Gasteiger partial charge in [0.25, 0.3) is 0 Å². The van der Waals surface area contributed by atoms with Gasteiger partial charge in [0.2, 0.25) is 5.91 Å². The van der Waals surface area contributed by atoms with Crippen LogP contribution >= 0.6 is 0 Å². The summed E-state index contributed by atoms with van der Waals surface area (Å²) >= 11 is 0. The Hall–Kier alpha value is -1.88.